The zero-order chi connectivity index (χ0) is 19.8. The third-order valence-corrected chi connectivity index (χ3v) is 4.44. The lowest BCUT2D eigenvalue weighted by atomic mass is 9.95. The van der Waals surface area contributed by atoms with E-state index in [0.717, 1.165) is 0 Å². The van der Waals surface area contributed by atoms with Crippen molar-refractivity contribution in [2.24, 2.45) is 0 Å². The number of rotatable bonds is 4. The number of halogens is 2. The average Bonchev–Trinajstić information content (AvgIpc) is 3.25. The normalized spacial score (nSPS) is 11.0. The molecule has 0 aliphatic rings. The van der Waals surface area contributed by atoms with Crippen LogP contribution in [-0.2, 0) is 0 Å². The van der Waals surface area contributed by atoms with Gasteiger partial charge < -0.3 is 9.05 Å². The van der Waals surface area contributed by atoms with Gasteiger partial charge in [-0.3, -0.25) is 4.79 Å². The summed E-state index contributed by atoms with van der Waals surface area (Å²) in [6.07, 6.45) is 0. The number of benzene rings is 2. The van der Waals surface area contributed by atoms with Gasteiger partial charge in [0.1, 0.15) is 34.5 Å². The van der Waals surface area contributed by atoms with E-state index in [-0.39, 0.29) is 45.2 Å². The lowest BCUT2D eigenvalue weighted by molar-refractivity contribution is 0.103. The van der Waals surface area contributed by atoms with Gasteiger partial charge in [0.2, 0.25) is 5.78 Å². The van der Waals surface area contributed by atoms with E-state index in [1.807, 2.05) is 0 Å². The first-order valence-corrected chi connectivity index (χ1v) is 8.46. The number of aryl methyl sites for hydroxylation is 2. The van der Waals surface area contributed by atoms with Gasteiger partial charge in [0.25, 0.3) is 0 Å². The number of carbonyl (C=O) groups excluding carboxylic acids is 1. The van der Waals surface area contributed by atoms with Crippen molar-refractivity contribution in [2.75, 3.05) is 0 Å². The molecule has 0 saturated heterocycles. The maximum atomic E-state index is 14.3. The smallest absolute Gasteiger partial charge is 0.204 e. The highest BCUT2D eigenvalue weighted by molar-refractivity contribution is 6.16. The molecule has 0 unspecified atom stereocenters. The molecule has 0 fully saturated rings. The van der Waals surface area contributed by atoms with Crippen molar-refractivity contribution < 1.29 is 22.6 Å². The van der Waals surface area contributed by atoms with Gasteiger partial charge in [0, 0.05) is 11.1 Å². The molecule has 2 aromatic heterocycles. The van der Waals surface area contributed by atoms with Crippen molar-refractivity contribution in [2.45, 2.75) is 13.8 Å². The van der Waals surface area contributed by atoms with Gasteiger partial charge in [-0.25, -0.2) is 8.78 Å². The topological polar surface area (TPSA) is 69.1 Å². The molecule has 0 bridgehead atoms. The second-order valence-corrected chi connectivity index (χ2v) is 6.21. The minimum atomic E-state index is -0.541. The number of aromatic nitrogens is 2. The molecule has 28 heavy (non-hydrogen) atoms. The molecule has 0 radical (unpaired) electrons. The van der Waals surface area contributed by atoms with Gasteiger partial charge >= 0.3 is 0 Å². The van der Waals surface area contributed by atoms with Crippen LogP contribution >= 0.6 is 0 Å². The maximum Gasteiger partial charge on any atom is 0.204 e. The molecule has 0 saturated carbocycles. The molecule has 0 aliphatic heterocycles. The maximum absolute atomic E-state index is 14.3. The number of nitrogens with zero attached hydrogens (tertiary/aromatic N) is 2. The summed E-state index contributed by atoms with van der Waals surface area (Å²) >= 11 is 0. The Hall–Kier alpha value is -3.61. The minimum Gasteiger partial charge on any atom is -0.360 e. The van der Waals surface area contributed by atoms with Crippen LogP contribution in [0.15, 0.2) is 57.6 Å². The summed E-state index contributed by atoms with van der Waals surface area (Å²) in [6.45, 7) is 3.10. The Morgan fingerprint density at radius 2 is 1.14 bits per heavy atom. The summed E-state index contributed by atoms with van der Waals surface area (Å²) in [7, 11) is 0. The van der Waals surface area contributed by atoms with Crippen LogP contribution in [0.1, 0.15) is 27.4 Å². The molecule has 0 N–H and O–H groups in total. The summed E-state index contributed by atoms with van der Waals surface area (Å²) in [5.74, 6) is -1.19. The fourth-order valence-electron chi connectivity index (χ4n) is 3.08. The largest absolute Gasteiger partial charge is 0.360 e. The lowest BCUT2D eigenvalue weighted by Crippen LogP contribution is -2.07. The van der Waals surface area contributed by atoms with E-state index in [9.17, 15) is 13.6 Å². The first kappa shape index (κ1) is 17.8. The summed E-state index contributed by atoms with van der Waals surface area (Å²) in [5.41, 5.74) is 0.554. The van der Waals surface area contributed by atoms with Crippen molar-refractivity contribution in [1.29, 1.82) is 0 Å². The Morgan fingerprint density at radius 1 is 0.750 bits per heavy atom. The SMILES string of the molecule is Cc1onc(-c2ccccc2F)c1C(=O)c1c(-c2ccccc2F)noc1C. The molecule has 2 heterocycles. The highest BCUT2D eigenvalue weighted by atomic mass is 19.1. The van der Waals surface area contributed by atoms with Crippen molar-refractivity contribution in [3.63, 3.8) is 0 Å². The van der Waals surface area contributed by atoms with Crippen LogP contribution in [0.5, 0.6) is 0 Å². The Morgan fingerprint density at radius 3 is 1.54 bits per heavy atom. The van der Waals surface area contributed by atoms with Crippen molar-refractivity contribution >= 4 is 5.78 Å². The van der Waals surface area contributed by atoms with Crippen LogP contribution in [0.4, 0.5) is 8.78 Å². The summed E-state index contributed by atoms with van der Waals surface area (Å²) < 4.78 is 38.9. The molecule has 0 spiro atoms. The van der Waals surface area contributed by atoms with E-state index in [0.29, 0.717) is 0 Å². The van der Waals surface area contributed by atoms with Crippen LogP contribution in [0.2, 0.25) is 0 Å². The van der Waals surface area contributed by atoms with Crippen LogP contribution < -0.4 is 0 Å². The number of hydrogen-bond donors (Lipinski definition) is 0. The van der Waals surface area contributed by atoms with E-state index in [1.165, 1.54) is 36.4 Å². The highest BCUT2D eigenvalue weighted by Crippen LogP contribution is 2.34. The molecule has 4 aromatic rings. The predicted molar refractivity (Wildman–Crippen MR) is 96.7 cm³/mol. The zero-order valence-corrected chi connectivity index (χ0v) is 15.0. The highest BCUT2D eigenvalue weighted by Gasteiger charge is 2.30. The zero-order valence-electron chi connectivity index (χ0n) is 15.0. The molecular formula is C21H14F2N2O3. The van der Waals surface area contributed by atoms with Crippen molar-refractivity contribution in [3.05, 3.63) is 82.8 Å². The van der Waals surface area contributed by atoms with Gasteiger partial charge in [0.05, 0.1) is 11.1 Å². The fraction of sp³-hybridized carbons (Fsp3) is 0.0952. The molecule has 140 valence electrons. The summed E-state index contributed by atoms with van der Waals surface area (Å²) in [4.78, 5) is 13.4. The first-order valence-electron chi connectivity index (χ1n) is 8.46. The first-order chi connectivity index (χ1) is 13.5. The Bertz CT molecular complexity index is 1100. The predicted octanol–water partition coefficient (Wildman–Crippen LogP) is 5.12. The molecular weight excluding hydrogens is 366 g/mol. The Balaban J connectivity index is 1.90. The van der Waals surface area contributed by atoms with E-state index < -0.39 is 17.4 Å². The Kier molecular flexibility index (Phi) is 4.35. The Labute approximate surface area is 158 Å². The summed E-state index contributed by atoms with van der Waals surface area (Å²) in [5, 5.41) is 7.73. The lowest BCUT2D eigenvalue weighted by Gasteiger charge is -2.05. The van der Waals surface area contributed by atoms with Crippen LogP contribution in [-0.4, -0.2) is 16.1 Å². The minimum absolute atomic E-state index is 0.0701. The number of hydrogen-bond acceptors (Lipinski definition) is 5. The molecule has 7 heteroatoms. The number of carbonyl (C=O) groups is 1. The molecule has 5 nitrogen and oxygen atoms in total. The fourth-order valence-corrected chi connectivity index (χ4v) is 3.08. The van der Waals surface area contributed by atoms with Crippen molar-refractivity contribution in [1.82, 2.24) is 10.3 Å². The molecule has 0 aliphatic carbocycles. The molecule has 4 rings (SSSR count). The van der Waals surface area contributed by atoms with Gasteiger partial charge in [-0.05, 0) is 38.1 Å². The van der Waals surface area contributed by atoms with Gasteiger partial charge in [-0.1, -0.05) is 34.6 Å². The van der Waals surface area contributed by atoms with E-state index in [2.05, 4.69) is 10.3 Å². The monoisotopic (exact) mass is 380 g/mol. The summed E-state index contributed by atoms with van der Waals surface area (Å²) in [6, 6.07) is 11.9. The molecule has 2 aromatic carbocycles. The molecule has 0 amide bonds. The van der Waals surface area contributed by atoms with Crippen molar-refractivity contribution in [3.8, 4) is 22.5 Å². The van der Waals surface area contributed by atoms with Crippen LogP contribution in [0.25, 0.3) is 22.5 Å². The molecule has 0 atom stereocenters. The number of ketones is 1. The second kappa shape index (κ2) is 6.84. The third-order valence-electron chi connectivity index (χ3n) is 4.44. The van der Waals surface area contributed by atoms with E-state index in [1.54, 1.807) is 26.0 Å². The quantitative estimate of drug-likeness (QED) is 0.460. The average molecular weight is 380 g/mol. The van der Waals surface area contributed by atoms with Gasteiger partial charge in [0.15, 0.2) is 0 Å². The van der Waals surface area contributed by atoms with Crippen LogP contribution in [0, 0.1) is 25.5 Å². The van der Waals surface area contributed by atoms with E-state index >= 15 is 0 Å². The van der Waals surface area contributed by atoms with Crippen LogP contribution in [0.3, 0.4) is 0 Å². The van der Waals surface area contributed by atoms with E-state index in [4.69, 9.17) is 9.05 Å². The standard InChI is InChI=1S/C21H14F2N2O3/c1-11-17(19(24-27-11)13-7-3-5-9-15(13)22)21(26)18-12(2)28-25-20(18)14-8-4-6-10-16(14)23/h3-10H,1-2H3. The van der Waals surface area contributed by atoms with Gasteiger partial charge in [-0.15, -0.1) is 0 Å². The second-order valence-electron chi connectivity index (χ2n) is 6.21. The van der Waals surface area contributed by atoms with Gasteiger partial charge in [-0.2, -0.15) is 0 Å². The third kappa shape index (κ3) is 2.81.